The summed E-state index contributed by atoms with van der Waals surface area (Å²) in [6.45, 7) is 3.38. The van der Waals surface area contributed by atoms with Crippen molar-refractivity contribution in [2.45, 2.75) is 19.3 Å². The molecule has 1 aliphatic rings. The molecule has 0 radical (unpaired) electrons. The van der Waals surface area contributed by atoms with Gasteiger partial charge in [0.2, 0.25) is 0 Å². The standard InChI is InChI=1S/C26H32N2O4S/c1-27(15-11-18-17-33-23-8-5-7-21(30-2)24(18)23)13-6-14-28-16-12-19-20(26(28)29)9-10-22(31-3)25(19)32-4/h5,7-10,17H,6,11-16H2,1-4H3. The largest absolute Gasteiger partial charge is 0.496 e. The molecule has 176 valence electrons. The zero-order valence-electron chi connectivity index (χ0n) is 19.8. The van der Waals surface area contributed by atoms with E-state index in [2.05, 4.69) is 23.4 Å². The third-order valence-corrected chi connectivity index (χ3v) is 7.38. The Morgan fingerprint density at radius 2 is 1.85 bits per heavy atom. The lowest BCUT2D eigenvalue weighted by Gasteiger charge is -2.30. The number of thiophene rings is 1. The minimum atomic E-state index is 0.0803. The zero-order valence-corrected chi connectivity index (χ0v) is 20.7. The molecule has 0 saturated heterocycles. The number of hydrogen-bond donors (Lipinski definition) is 0. The summed E-state index contributed by atoms with van der Waals surface area (Å²) in [7, 11) is 7.13. The number of carbonyl (C=O) groups is 1. The molecule has 0 fully saturated rings. The van der Waals surface area contributed by atoms with Gasteiger partial charge in [-0.2, -0.15) is 0 Å². The van der Waals surface area contributed by atoms with E-state index >= 15 is 0 Å². The molecule has 3 aromatic rings. The number of carbonyl (C=O) groups excluding carboxylic acids is 1. The third-order valence-electron chi connectivity index (χ3n) is 6.39. The van der Waals surface area contributed by atoms with Gasteiger partial charge in [0.25, 0.3) is 5.91 Å². The lowest BCUT2D eigenvalue weighted by Crippen LogP contribution is -2.39. The molecule has 6 nitrogen and oxygen atoms in total. The molecule has 2 heterocycles. The Balaban J connectivity index is 1.30. The first kappa shape index (κ1) is 23.4. The molecule has 1 aromatic heterocycles. The fourth-order valence-corrected chi connectivity index (χ4v) is 5.61. The van der Waals surface area contributed by atoms with Gasteiger partial charge in [-0.15, -0.1) is 11.3 Å². The zero-order chi connectivity index (χ0) is 23.4. The molecule has 1 amide bonds. The predicted molar refractivity (Wildman–Crippen MR) is 133 cm³/mol. The summed E-state index contributed by atoms with van der Waals surface area (Å²) in [5.74, 6) is 2.39. The van der Waals surface area contributed by atoms with Crippen LogP contribution >= 0.6 is 11.3 Å². The summed E-state index contributed by atoms with van der Waals surface area (Å²) in [5.41, 5.74) is 3.02. The van der Waals surface area contributed by atoms with E-state index in [0.29, 0.717) is 18.0 Å². The van der Waals surface area contributed by atoms with Crippen molar-refractivity contribution in [2.75, 3.05) is 54.6 Å². The average molecular weight is 469 g/mol. The fraction of sp³-hybridized carbons (Fsp3) is 0.423. The lowest BCUT2D eigenvalue weighted by atomic mass is 9.97. The number of rotatable bonds is 10. The van der Waals surface area contributed by atoms with Crippen LogP contribution in [-0.2, 0) is 12.8 Å². The molecule has 4 rings (SSSR count). The molecule has 0 saturated carbocycles. The van der Waals surface area contributed by atoms with Crippen LogP contribution in [0.5, 0.6) is 17.2 Å². The van der Waals surface area contributed by atoms with Gasteiger partial charge in [-0.05, 0) is 68.1 Å². The van der Waals surface area contributed by atoms with Crippen LogP contribution in [0.15, 0.2) is 35.7 Å². The van der Waals surface area contributed by atoms with Crippen molar-refractivity contribution in [3.05, 3.63) is 52.4 Å². The summed E-state index contributed by atoms with van der Waals surface area (Å²) < 4.78 is 17.7. The average Bonchev–Trinajstić information content (AvgIpc) is 3.26. The first-order valence-corrected chi connectivity index (χ1v) is 12.2. The van der Waals surface area contributed by atoms with Crippen LogP contribution in [0.3, 0.4) is 0 Å². The van der Waals surface area contributed by atoms with Crippen LogP contribution in [0.4, 0.5) is 0 Å². The van der Waals surface area contributed by atoms with Gasteiger partial charge in [-0.3, -0.25) is 4.79 Å². The van der Waals surface area contributed by atoms with Crippen LogP contribution in [0.2, 0.25) is 0 Å². The highest BCUT2D eigenvalue weighted by Crippen LogP contribution is 2.36. The van der Waals surface area contributed by atoms with Crippen LogP contribution in [0.25, 0.3) is 10.1 Å². The monoisotopic (exact) mass is 468 g/mol. The smallest absolute Gasteiger partial charge is 0.254 e. The number of nitrogens with zero attached hydrogens (tertiary/aromatic N) is 2. The second kappa shape index (κ2) is 10.4. The molecule has 2 aromatic carbocycles. The van der Waals surface area contributed by atoms with Gasteiger partial charge >= 0.3 is 0 Å². The normalized spacial score (nSPS) is 13.5. The molecule has 33 heavy (non-hydrogen) atoms. The summed E-state index contributed by atoms with van der Waals surface area (Å²) in [6.07, 6.45) is 2.71. The molecule has 0 unspecified atom stereocenters. The van der Waals surface area contributed by atoms with Crippen LogP contribution in [0.1, 0.15) is 27.9 Å². The number of amides is 1. The molecular weight excluding hydrogens is 436 g/mol. The fourth-order valence-electron chi connectivity index (χ4n) is 4.60. The quantitative estimate of drug-likeness (QED) is 0.439. The van der Waals surface area contributed by atoms with E-state index in [4.69, 9.17) is 14.2 Å². The first-order valence-electron chi connectivity index (χ1n) is 11.3. The predicted octanol–water partition coefficient (Wildman–Crippen LogP) is 4.49. The number of likely N-dealkylation sites (N-methyl/N-ethyl adjacent to an activating group) is 1. The van der Waals surface area contributed by atoms with Gasteiger partial charge in [-0.1, -0.05) is 6.07 Å². The minimum absolute atomic E-state index is 0.0803. The number of methoxy groups -OCH3 is 3. The second-order valence-electron chi connectivity index (χ2n) is 8.37. The second-order valence-corrected chi connectivity index (χ2v) is 9.28. The van der Waals surface area contributed by atoms with Crippen molar-refractivity contribution in [1.82, 2.24) is 9.80 Å². The Hall–Kier alpha value is -2.77. The van der Waals surface area contributed by atoms with Gasteiger partial charge in [0.05, 0.1) is 21.3 Å². The highest BCUT2D eigenvalue weighted by atomic mass is 32.1. The minimum Gasteiger partial charge on any atom is -0.496 e. The maximum absolute atomic E-state index is 13.0. The van der Waals surface area contributed by atoms with E-state index in [1.807, 2.05) is 29.2 Å². The Morgan fingerprint density at radius 1 is 1.03 bits per heavy atom. The molecule has 7 heteroatoms. The first-order chi connectivity index (χ1) is 16.1. The molecular formula is C26H32N2O4S. The number of ether oxygens (including phenoxy) is 3. The van der Waals surface area contributed by atoms with E-state index in [1.165, 1.54) is 15.6 Å². The van der Waals surface area contributed by atoms with Gasteiger partial charge in [0.15, 0.2) is 11.5 Å². The van der Waals surface area contributed by atoms with E-state index in [9.17, 15) is 4.79 Å². The van der Waals surface area contributed by atoms with Crippen molar-refractivity contribution >= 4 is 27.3 Å². The van der Waals surface area contributed by atoms with Crippen molar-refractivity contribution < 1.29 is 19.0 Å². The maximum atomic E-state index is 13.0. The summed E-state index contributed by atoms with van der Waals surface area (Å²) in [6, 6.07) is 9.89. The van der Waals surface area contributed by atoms with Gasteiger partial charge in [0, 0.05) is 40.8 Å². The topological polar surface area (TPSA) is 51.2 Å². The highest BCUT2D eigenvalue weighted by Gasteiger charge is 2.28. The van der Waals surface area contributed by atoms with E-state index in [1.54, 1.807) is 32.7 Å². The number of hydrogen-bond acceptors (Lipinski definition) is 6. The van der Waals surface area contributed by atoms with E-state index in [-0.39, 0.29) is 5.91 Å². The molecule has 0 atom stereocenters. The van der Waals surface area contributed by atoms with Crippen molar-refractivity contribution in [3.63, 3.8) is 0 Å². The van der Waals surface area contributed by atoms with E-state index in [0.717, 1.165) is 55.8 Å². The third kappa shape index (κ3) is 4.80. The molecule has 0 spiro atoms. The molecule has 0 N–H and O–H groups in total. The Kier molecular flexibility index (Phi) is 7.40. The Morgan fingerprint density at radius 3 is 2.61 bits per heavy atom. The van der Waals surface area contributed by atoms with Crippen molar-refractivity contribution in [2.24, 2.45) is 0 Å². The summed E-state index contributed by atoms with van der Waals surface area (Å²) in [4.78, 5) is 17.3. The van der Waals surface area contributed by atoms with Crippen LogP contribution < -0.4 is 14.2 Å². The highest BCUT2D eigenvalue weighted by molar-refractivity contribution is 7.17. The lowest BCUT2D eigenvalue weighted by molar-refractivity contribution is 0.0731. The van der Waals surface area contributed by atoms with E-state index < -0.39 is 0 Å². The molecule has 1 aliphatic heterocycles. The van der Waals surface area contributed by atoms with Gasteiger partial charge < -0.3 is 24.0 Å². The van der Waals surface area contributed by atoms with Gasteiger partial charge in [-0.25, -0.2) is 0 Å². The van der Waals surface area contributed by atoms with Crippen molar-refractivity contribution in [3.8, 4) is 17.2 Å². The van der Waals surface area contributed by atoms with Crippen LogP contribution in [-0.4, -0.2) is 70.3 Å². The maximum Gasteiger partial charge on any atom is 0.254 e. The van der Waals surface area contributed by atoms with Crippen LogP contribution in [0, 0.1) is 0 Å². The molecule has 0 aliphatic carbocycles. The summed E-state index contributed by atoms with van der Waals surface area (Å²) in [5, 5.41) is 3.48. The Labute approximate surface area is 199 Å². The SMILES string of the molecule is COc1ccc2c(c1OC)CCN(CCCN(C)CCc1csc3cccc(OC)c13)C2=O. The Bertz CT molecular complexity index is 1130. The van der Waals surface area contributed by atoms with Gasteiger partial charge in [0.1, 0.15) is 5.75 Å². The number of benzene rings is 2. The number of fused-ring (bicyclic) bond motifs is 2. The summed E-state index contributed by atoms with van der Waals surface area (Å²) >= 11 is 1.77. The van der Waals surface area contributed by atoms with Crippen molar-refractivity contribution in [1.29, 1.82) is 0 Å². The molecule has 0 bridgehead atoms.